The predicted octanol–water partition coefficient (Wildman–Crippen LogP) is 3.69. The fraction of sp³-hybridized carbons (Fsp3) is 0.591. The van der Waals surface area contributed by atoms with Crippen LogP contribution in [0, 0.1) is 12.8 Å². The van der Waals surface area contributed by atoms with E-state index >= 15 is 0 Å². The molecule has 1 aromatic carbocycles. The smallest absolute Gasteiger partial charge is 0.0722 e. The predicted molar refractivity (Wildman–Crippen MR) is 112 cm³/mol. The van der Waals surface area contributed by atoms with Crippen molar-refractivity contribution in [1.29, 1.82) is 0 Å². The van der Waals surface area contributed by atoms with Gasteiger partial charge < -0.3 is 15.1 Å². The standard InChI is InChI=1S/C22H34N4/c1-4-25(5-2)15-12-23-17-19-9-13-26(14-10-19)22-8-11-24-21-7-6-18(3)16-20(21)22/h6-8,11,16,19,23H,4-5,9-10,12-15,17H2,1-3H3. The summed E-state index contributed by atoms with van der Waals surface area (Å²) in [6.45, 7) is 14.7. The van der Waals surface area contributed by atoms with Gasteiger partial charge in [0.25, 0.3) is 0 Å². The lowest BCUT2D eigenvalue weighted by Gasteiger charge is -2.34. The van der Waals surface area contributed by atoms with Gasteiger partial charge >= 0.3 is 0 Å². The van der Waals surface area contributed by atoms with E-state index in [1.54, 1.807) is 0 Å². The summed E-state index contributed by atoms with van der Waals surface area (Å²) in [6.07, 6.45) is 4.50. The van der Waals surface area contributed by atoms with Crippen LogP contribution < -0.4 is 10.2 Å². The molecule has 2 heterocycles. The highest BCUT2D eigenvalue weighted by Crippen LogP contribution is 2.29. The summed E-state index contributed by atoms with van der Waals surface area (Å²) in [5.41, 5.74) is 3.76. The molecule has 1 N–H and O–H groups in total. The van der Waals surface area contributed by atoms with Crippen molar-refractivity contribution in [2.24, 2.45) is 5.92 Å². The van der Waals surface area contributed by atoms with Crippen LogP contribution >= 0.6 is 0 Å². The maximum absolute atomic E-state index is 4.53. The molecule has 4 heteroatoms. The fourth-order valence-electron chi connectivity index (χ4n) is 3.98. The minimum absolute atomic E-state index is 0.804. The van der Waals surface area contributed by atoms with E-state index in [1.807, 2.05) is 6.20 Å². The largest absolute Gasteiger partial charge is 0.371 e. The Bertz CT molecular complexity index is 688. The number of aryl methyl sites for hydroxylation is 1. The molecule has 0 saturated carbocycles. The van der Waals surface area contributed by atoms with Crippen LogP contribution in [0.4, 0.5) is 5.69 Å². The van der Waals surface area contributed by atoms with Gasteiger partial charge in [-0.3, -0.25) is 4.98 Å². The summed E-state index contributed by atoms with van der Waals surface area (Å²) < 4.78 is 0. The van der Waals surface area contributed by atoms with Crippen molar-refractivity contribution in [3.8, 4) is 0 Å². The first-order valence-electron chi connectivity index (χ1n) is 10.2. The second-order valence-corrected chi connectivity index (χ2v) is 7.51. The Morgan fingerprint density at radius 2 is 1.92 bits per heavy atom. The number of hydrogen-bond donors (Lipinski definition) is 1. The van der Waals surface area contributed by atoms with Gasteiger partial charge in [0.1, 0.15) is 0 Å². The second kappa shape index (κ2) is 9.33. The van der Waals surface area contributed by atoms with Gasteiger partial charge in [0.2, 0.25) is 0 Å². The van der Waals surface area contributed by atoms with E-state index in [1.165, 1.54) is 29.5 Å². The number of benzene rings is 1. The first kappa shape index (κ1) is 19.1. The van der Waals surface area contributed by atoms with Crippen molar-refractivity contribution in [3.05, 3.63) is 36.0 Å². The van der Waals surface area contributed by atoms with Crippen molar-refractivity contribution in [1.82, 2.24) is 15.2 Å². The Morgan fingerprint density at radius 1 is 1.15 bits per heavy atom. The number of rotatable bonds is 8. The molecule has 1 aliphatic heterocycles. The van der Waals surface area contributed by atoms with Crippen molar-refractivity contribution < 1.29 is 0 Å². The van der Waals surface area contributed by atoms with Gasteiger partial charge in [0.15, 0.2) is 0 Å². The average Bonchev–Trinajstić information content (AvgIpc) is 2.68. The highest BCUT2D eigenvalue weighted by molar-refractivity contribution is 5.92. The van der Waals surface area contributed by atoms with E-state index in [2.05, 4.69) is 65.1 Å². The van der Waals surface area contributed by atoms with Gasteiger partial charge in [0, 0.05) is 43.4 Å². The number of piperidine rings is 1. The van der Waals surface area contributed by atoms with Crippen LogP contribution in [0.25, 0.3) is 10.9 Å². The molecule has 1 aliphatic rings. The zero-order chi connectivity index (χ0) is 18.4. The lowest BCUT2D eigenvalue weighted by atomic mass is 9.96. The monoisotopic (exact) mass is 354 g/mol. The summed E-state index contributed by atoms with van der Waals surface area (Å²) in [4.78, 5) is 9.56. The molecule has 0 aliphatic carbocycles. The van der Waals surface area contributed by atoms with Crippen LogP contribution in [0.1, 0.15) is 32.3 Å². The minimum Gasteiger partial charge on any atom is -0.371 e. The summed E-state index contributed by atoms with van der Waals surface area (Å²) in [5.74, 6) is 0.804. The normalized spacial score (nSPS) is 15.9. The van der Waals surface area contributed by atoms with E-state index in [9.17, 15) is 0 Å². The molecule has 0 bridgehead atoms. The molecule has 1 fully saturated rings. The van der Waals surface area contributed by atoms with Crippen LogP contribution in [0.5, 0.6) is 0 Å². The van der Waals surface area contributed by atoms with Crippen LogP contribution in [-0.4, -0.2) is 55.7 Å². The maximum atomic E-state index is 4.53. The number of hydrogen-bond acceptors (Lipinski definition) is 4. The van der Waals surface area contributed by atoms with Crippen LogP contribution in [0.2, 0.25) is 0 Å². The first-order valence-corrected chi connectivity index (χ1v) is 10.2. The number of likely N-dealkylation sites (N-methyl/N-ethyl adjacent to an activating group) is 1. The van der Waals surface area contributed by atoms with Crippen molar-refractivity contribution in [3.63, 3.8) is 0 Å². The van der Waals surface area contributed by atoms with Gasteiger partial charge in [-0.25, -0.2) is 0 Å². The summed E-state index contributed by atoms with van der Waals surface area (Å²) in [5, 5.41) is 4.97. The van der Waals surface area contributed by atoms with Crippen LogP contribution in [0.15, 0.2) is 30.5 Å². The summed E-state index contributed by atoms with van der Waals surface area (Å²) in [6, 6.07) is 8.75. The van der Waals surface area contributed by atoms with Gasteiger partial charge in [0.05, 0.1) is 5.52 Å². The molecule has 0 atom stereocenters. The van der Waals surface area contributed by atoms with E-state index in [0.29, 0.717) is 0 Å². The molecule has 1 saturated heterocycles. The number of nitrogens with zero attached hydrogens (tertiary/aromatic N) is 3. The quantitative estimate of drug-likeness (QED) is 0.733. The molecule has 0 spiro atoms. The molecule has 26 heavy (non-hydrogen) atoms. The molecular weight excluding hydrogens is 320 g/mol. The van der Waals surface area contributed by atoms with Gasteiger partial charge in [-0.2, -0.15) is 0 Å². The van der Waals surface area contributed by atoms with E-state index in [4.69, 9.17) is 0 Å². The summed E-state index contributed by atoms with van der Waals surface area (Å²) >= 11 is 0. The third-order valence-electron chi connectivity index (χ3n) is 5.76. The molecule has 0 radical (unpaired) electrons. The van der Waals surface area contributed by atoms with E-state index < -0.39 is 0 Å². The Hall–Kier alpha value is -1.65. The number of nitrogens with one attached hydrogen (secondary N) is 1. The average molecular weight is 355 g/mol. The van der Waals surface area contributed by atoms with Crippen molar-refractivity contribution in [2.75, 3.05) is 50.7 Å². The van der Waals surface area contributed by atoms with Gasteiger partial charge in [-0.15, -0.1) is 0 Å². The molecule has 0 amide bonds. The third kappa shape index (κ3) is 4.74. The van der Waals surface area contributed by atoms with Gasteiger partial charge in [-0.05, 0) is 63.5 Å². The topological polar surface area (TPSA) is 31.4 Å². The number of aromatic nitrogens is 1. The highest BCUT2D eigenvalue weighted by atomic mass is 15.1. The third-order valence-corrected chi connectivity index (χ3v) is 5.76. The second-order valence-electron chi connectivity index (χ2n) is 7.51. The molecule has 4 nitrogen and oxygen atoms in total. The van der Waals surface area contributed by atoms with Crippen molar-refractivity contribution in [2.45, 2.75) is 33.6 Å². The number of pyridine rings is 1. The van der Waals surface area contributed by atoms with E-state index in [0.717, 1.165) is 57.2 Å². The van der Waals surface area contributed by atoms with E-state index in [-0.39, 0.29) is 0 Å². The minimum atomic E-state index is 0.804. The maximum Gasteiger partial charge on any atom is 0.0722 e. The number of anilines is 1. The highest BCUT2D eigenvalue weighted by Gasteiger charge is 2.20. The van der Waals surface area contributed by atoms with Crippen LogP contribution in [-0.2, 0) is 0 Å². The number of fused-ring (bicyclic) bond motifs is 1. The zero-order valence-corrected chi connectivity index (χ0v) is 16.7. The van der Waals surface area contributed by atoms with Gasteiger partial charge in [-0.1, -0.05) is 25.5 Å². The lowest BCUT2D eigenvalue weighted by Crippen LogP contribution is -2.39. The molecule has 0 unspecified atom stereocenters. The lowest BCUT2D eigenvalue weighted by molar-refractivity contribution is 0.294. The fourth-order valence-corrected chi connectivity index (χ4v) is 3.98. The Labute approximate surface area is 158 Å². The first-order chi connectivity index (χ1) is 12.7. The molecule has 142 valence electrons. The Balaban J connectivity index is 1.51. The van der Waals surface area contributed by atoms with Crippen molar-refractivity contribution >= 4 is 16.6 Å². The molecular formula is C22H34N4. The van der Waals surface area contributed by atoms with Crippen LogP contribution in [0.3, 0.4) is 0 Å². The Morgan fingerprint density at radius 3 is 2.65 bits per heavy atom. The Kier molecular flexibility index (Phi) is 6.86. The molecule has 3 rings (SSSR count). The molecule has 1 aromatic heterocycles. The zero-order valence-electron chi connectivity index (χ0n) is 16.7. The molecule has 2 aromatic rings. The summed E-state index contributed by atoms with van der Waals surface area (Å²) in [7, 11) is 0. The SMILES string of the molecule is CCN(CC)CCNCC1CCN(c2ccnc3ccc(C)cc23)CC1.